The Labute approximate surface area is 127 Å². The summed E-state index contributed by atoms with van der Waals surface area (Å²) >= 11 is 6.44. The molecule has 0 spiro atoms. The quantitative estimate of drug-likeness (QED) is 0.716. The maximum Gasteiger partial charge on any atom is 0.166 e. The van der Waals surface area contributed by atoms with Gasteiger partial charge in [0, 0.05) is 16.5 Å². The molecule has 0 N–H and O–H groups in total. The Bertz CT molecular complexity index is 796. The highest BCUT2D eigenvalue weighted by molar-refractivity contribution is 6.37. The summed E-state index contributed by atoms with van der Waals surface area (Å²) in [6, 6.07) is 5.76. The lowest BCUT2D eigenvalue weighted by molar-refractivity contribution is 0.413. The van der Waals surface area contributed by atoms with Crippen molar-refractivity contribution < 1.29 is 9.26 Å². The van der Waals surface area contributed by atoms with Crippen molar-refractivity contribution >= 4 is 22.5 Å². The Balaban J connectivity index is 2.35. The topological polar surface area (TPSA) is 48.2 Å². The molecular formula is C16H14ClN2O2. The van der Waals surface area contributed by atoms with E-state index in [4.69, 9.17) is 20.9 Å². The molecule has 0 aliphatic carbocycles. The molecule has 0 fully saturated rings. The number of halogens is 1. The van der Waals surface area contributed by atoms with Crippen LogP contribution in [0.3, 0.4) is 0 Å². The highest BCUT2D eigenvalue weighted by Gasteiger charge is 2.19. The number of ether oxygens (including phenoxy) is 1. The minimum atomic E-state index is 0.297. The van der Waals surface area contributed by atoms with E-state index in [1.165, 1.54) is 0 Å². The summed E-state index contributed by atoms with van der Waals surface area (Å²) in [7, 11) is 1.55. The van der Waals surface area contributed by atoms with Crippen LogP contribution in [0.1, 0.15) is 25.3 Å². The summed E-state index contributed by atoms with van der Waals surface area (Å²) in [6.07, 6.45) is 4.46. The summed E-state index contributed by atoms with van der Waals surface area (Å²) in [5.41, 5.74) is 3.45. The van der Waals surface area contributed by atoms with Gasteiger partial charge in [0.05, 0.1) is 17.6 Å². The van der Waals surface area contributed by atoms with E-state index in [1.54, 1.807) is 13.4 Å². The van der Waals surface area contributed by atoms with E-state index >= 15 is 0 Å². The van der Waals surface area contributed by atoms with E-state index in [0.29, 0.717) is 16.7 Å². The molecule has 3 rings (SSSR count). The monoisotopic (exact) mass is 301 g/mol. The van der Waals surface area contributed by atoms with Crippen LogP contribution in [0.4, 0.5) is 0 Å². The average Bonchev–Trinajstić information content (AvgIpc) is 2.96. The third-order valence-corrected chi connectivity index (χ3v) is 3.78. The van der Waals surface area contributed by atoms with E-state index < -0.39 is 0 Å². The first-order valence-corrected chi connectivity index (χ1v) is 6.99. The Morgan fingerprint density at radius 3 is 2.86 bits per heavy atom. The number of rotatable bonds is 3. The van der Waals surface area contributed by atoms with Crippen LogP contribution >= 0.6 is 11.6 Å². The second kappa shape index (κ2) is 5.37. The minimum absolute atomic E-state index is 0.297. The molecule has 0 aliphatic heterocycles. The third kappa shape index (κ3) is 2.25. The van der Waals surface area contributed by atoms with Crippen LogP contribution in [0.2, 0.25) is 5.02 Å². The fraction of sp³-hybridized carbons (Fsp3) is 0.250. The molecule has 107 valence electrons. The van der Waals surface area contributed by atoms with Gasteiger partial charge in [0.2, 0.25) is 0 Å². The summed E-state index contributed by atoms with van der Waals surface area (Å²) in [5.74, 6) is 0.719. The number of hydrogen-bond acceptors (Lipinski definition) is 4. The van der Waals surface area contributed by atoms with Crippen LogP contribution < -0.4 is 4.74 Å². The number of pyridine rings is 1. The van der Waals surface area contributed by atoms with Crippen LogP contribution in [-0.4, -0.2) is 17.3 Å². The highest BCUT2D eigenvalue weighted by Crippen LogP contribution is 2.39. The molecule has 0 saturated heterocycles. The van der Waals surface area contributed by atoms with E-state index in [9.17, 15) is 0 Å². The molecule has 3 aromatic rings. The van der Waals surface area contributed by atoms with Gasteiger partial charge < -0.3 is 9.26 Å². The molecule has 0 amide bonds. The molecule has 1 aromatic carbocycles. The van der Waals surface area contributed by atoms with Crippen molar-refractivity contribution in [2.45, 2.75) is 19.8 Å². The number of aromatic nitrogens is 2. The van der Waals surface area contributed by atoms with Gasteiger partial charge in [-0.15, -0.1) is 0 Å². The van der Waals surface area contributed by atoms with Crippen LogP contribution in [0, 0.1) is 6.20 Å². The lowest BCUT2D eigenvalue weighted by Gasteiger charge is -2.10. The van der Waals surface area contributed by atoms with Gasteiger partial charge in [-0.05, 0) is 12.0 Å². The van der Waals surface area contributed by atoms with Crippen molar-refractivity contribution in [1.29, 1.82) is 0 Å². The van der Waals surface area contributed by atoms with Gasteiger partial charge in [-0.1, -0.05) is 42.7 Å². The summed E-state index contributed by atoms with van der Waals surface area (Å²) in [6.45, 7) is 4.19. The largest absolute Gasteiger partial charge is 0.493 e. The molecular weight excluding hydrogens is 288 g/mol. The van der Waals surface area contributed by atoms with Crippen molar-refractivity contribution in [2.24, 2.45) is 0 Å². The van der Waals surface area contributed by atoms with Crippen LogP contribution in [0.5, 0.6) is 5.75 Å². The van der Waals surface area contributed by atoms with Crippen molar-refractivity contribution in [3.63, 3.8) is 0 Å². The highest BCUT2D eigenvalue weighted by atomic mass is 35.5. The normalized spacial score (nSPS) is 11.3. The standard InChI is InChI=1S/C16H14ClN2O2/c1-9(2)11-8-21-19-16(11)10-5-4-6-12-14(10)15(17)13(20-3)7-18-12/h4-6,8-9H,1-3H3. The zero-order valence-corrected chi connectivity index (χ0v) is 12.7. The molecule has 1 radical (unpaired) electrons. The van der Waals surface area contributed by atoms with Gasteiger partial charge >= 0.3 is 0 Å². The van der Waals surface area contributed by atoms with Crippen LogP contribution in [0.15, 0.2) is 29.0 Å². The number of methoxy groups -OCH3 is 1. The zero-order valence-electron chi connectivity index (χ0n) is 12.0. The molecule has 0 atom stereocenters. The van der Waals surface area contributed by atoms with Crippen LogP contribution in [0.25, 0.3) is 22.2 Å². The smallest absolute Gasteiger partial charge is 0.166 e. The molecule has 0 bridgehead atoms. The van der Waals surface area contributed by atoms with Crippen molar-refractivity contribution in [3.05, 3.63) is 41.2 Å². The van der Waals surface area contributed by atoms with Gasteiger partial charge in [-0.25, -0.2) is 4.98 Å². The molecule has 5 heteroatoms. The van der Waals surface area contributed by atoms with Gasteiger partial charge in [-0.3, -0.25) is 0 Å². The summed E-state index contributed by atoms with van der Waals surface area (Å²) < 4.78 is 10.4. The van der Waals surface area contributed by atoms with Gasteiger partial charge in [0.25, 0.3) is 0 Å². The Morgan fingerprint density at radius 2 is 2.14 bits per heavy atom. The maximum atomic E-state index is 6.44. The number of benzene rings is 1. The predicted molar refractivity (Wildman–Crippen MR) is 81.7 cm³/mol. The van der Waals surface area contributed by atoms with E-state index in [2.05, 4.69) is 30.2 Å². The number of hydrogen-bond donors (Lipinski definition) is 0. The molecule has 0 saturated carbocycles. The van der Waals surface area contributed by atoms with E-state index in [-0.39, 0.29) is 0 Å². The Hall–Kier alpha value is -2.07. The first-order chi connectivity index (χ1) is 10.1. The SMILES string of the molecule is COc1[c]nc2cccc(-c3nocc3C(C)C)c2c1Cl. The van der Waals surface area contributed by atoms with Crippen molar-refractivity contribution in [3.8, 4) is 17.0 Å². The first kappa shape index (κ1) is 13.9. The number of fused-ring (bicyclic) bond motifs is 1. The fourth-order valence-electron chi connectivity index (χ4n) is 2.33. The van der Waals surface area contributed by atoms with Gasteiger partial charge in [0.15, 0.2) is 5.75 Å². The van der Waals surface area contributed by atoms with Gasteiger partial charge in [-0.2, -0.15) is 0 Å². The second-order valence-electron chi connectivity index (χ2n) is 5.04. The van der Waals surface area contributed by atoms with Crippen LogP contribution in [-0.2, 0) is 0 Å². The number of nitrogens with zero attached hydrogens (tertiary/aromatic N) is 2. The molecule has 0 aliphatic rings. The zero-order chi connectivity index (χ0) is 15.0. The van der Waals surface area contributed by atoms with E-state index in [0.717, 1.165) is 27.7 Å². The summed E-state index contributed by atoms with van der Waals surface area (Å²) in [4.78, 5) is 4.27. The molecule has 2 aromatic heterocycles. The third-order valence-electron chi connectivity index (χ3n) is 3.42. The molecule has 21 heavy (non-hydrogen) atoms. The first-order valence-electron chi connectivity index (χ1n) is 6.62. The lowest BCUT2D eigenvalue weighted by Crippen LogP contribution is -1.93. The lowest BCUT2D eigenvalue weighted by atomic mass is 9.97. The van der Waals surface area contributed by atoms with Crippen molar-refractivity contribution in [1.82, 2.24) is 10.1 Å². The maximum absolute atomic E-state index is 6.44. The minimum Gasteiger partial charge on any atom is -0.493 e. The summed E-state index contributed by atoms with van der Waals surface area (Å²) in [5, 5.41) is 5.42. The Morgan fingerprint density at radius 1 is 1.33 bits per heavy atom. The molecule has 2 heterocycles. The van der Waals surface area contributed by atoms with E-state index in [1.807, 2.05) is 18.2 Å². The Kier molecular flexibility index (Phi) is 3.55. The average molecular weight is 302 g/mol. The second-order valence-corrected chi connectivity index (χ2v) is 5.42. The molecule has 4 nitrogen and oxygen atoms in total. The predicted octanol–water partition coefficient (Wildman–Crippen LogP) is 4.48. The molecule has 0 unspecified atom stereocenters. The fourth-order valence-corrected chi connectivity index (χ4v) is 2.65. The van der Waals surface area contributed by atoms with Crippen molar-refractivity contribution in [2.75, 3.05) is 7.11 Å². The van der Waals surface area contributed by atoms with Gasteiger partial charge in [0.1, 0.15) is 18.2 Å².